The smallest absolute Gasteiger partial charge is 0.205 e. The van der Waals surface area contributed by atoms with E-state index < -0.39 is 0 Å². The fraction of sp³-hybridized carbons (Fsp3) is 0.667. The Bertz CT molecular complexity index is 609. The number of hydrogen-bond donors (Lipinski definition) is 0. The summed E-state index contributed by atoms with van der Waals surface area (Å²) in [6, 6.07) is 0. The van der Waals surface area contributed by atoms with E-state index in [1.807, 2.05) is 5.51 Å². The molecule has 1 atom stereocenters. The quantitative estimate of drug-likeness (QED) is 0.811. The number of hydrogen-bond acceptors (Lipinski definition) is 7. The van der Waals surface area contributed by atoms with Gasteiger partial charge in [0.2, 0.25) is 5.13 Å². The van der Waals surface area contributed by atoms with Crippen molar-refractivity contribution in [1.82, 2.24) is 19.2 Å². The third-order valence-electron chi connectivity index (χ3n) is 4.16. The minimum atomic E-state index is 0.715. The summed E-state index contributed by atoms with van der Waals surface area (Å²) in [6.07, 6.45) is 2.16. The molecule has 120 valence electrons. The summed E-state index contributed by atoms with van der Waals surface area (Å²) < 4.78 is 4.40. The third kappa shape index (κ3) is 3.64. The highest BCUT2D eigenvalue weighted by Crippen LogP contribution is 2.26. The van der Waals surface area contributed by atoms with Gasteiger partial charge in [0.05, 0.1) is 11.2 Å². The van der Waals surface area contributed by atoms with E-state index in [0.717, 1.165) is 43.6 Å². The summed E-state index contributed by atoms with van der Waals surface area (Å²) in [4.78, 5) is 15.1. The molecule has 0 bridgehead atoms. The van der Waals surface area contributed by atoms with E-state index in [0.29, 0.717) is 5.92 Å². The van der Waals surface area contributed by atoms with Gasteiger partial charge in [-0.1, -0.05) is 6.92 Å². The molecule has 1 aliphatic rings. The number of aromatic nitrogens is 3. The van der Waals surface area contributed by atoms with Crippen LogP contribution in [-0.2, 0) is 13.0 Å². The Labute approximate surface area is 140 Å². The molecule has 0 saturated carbocycles. The van der Waals surface area contributed by atoms with Crippen molar-refractivity contribution in [2.45, 2.75) is 33.2 Å². The van der Waals surface area contributed by atoms with Crippen molar-refractivity contribution in [3.05, 3.63) is 21.9 Å². The highest BCUT2D eigenvalue weighted by atomic mass is 32.1. The maximum Gasteiger partial charge on any atom is 0.205 e. The number of aryl methyl sites for hydroxylation is 2. The van der Waals surface area contributed by atoms with Gasteiger partial charge in [-0.25, -0.2) is 9.97 Å². The first kappa shape index (κ1) is 15.8. The number of nitrogens with zero attached hydrogens (tertiary/aromatic N) is 5. The molecule has 3 heterocycles. The lowest BCUT2D eigenvalue weighted by atomic mass is 10.1. The Hall–Kier alpha value is -1.05. The molecule has 0 aliphatic carbocycles. The van der Waals surface area contributed by atoms with Crippen LogP contribution in [0.1, 0.15) is 29.7 Å². The largest absolute Gasteiger partial charge is 0.347 e. The Morgan fingerprint density at radius 2 is 2.32 bits per heavy atom. The van der Waals surface area contributed by atoms with Crippen molar-refractivity contribution in [2.75, 3.05) is 31.6 Å². The first-order valence-electron chi connectivity index (χ1n) is 7.80. The van der Waals surface area contributed by atoms with Gasteiger partial charge in [0.1, 0.15) is 5.82 Å². The zero-order valence-corrected chi connectivity index (χ0v) is 15.1. The maximum absolute atomic E-state index is 4.61. The second-order valence-electron chi connectivity index (χ2n) is 6.01. The topological polar surface area (TPSA) is 45.2 Å². The maximum atomic E-state index is 4.61. The van der Waals surface area contributed by atoms with Gasteiger partial charge in [0, 0.05) is 49.0 Å². The van der Waals surface area contributed by atoms with Crippen LogP contribution in [0.3, 0.4) is 0 Å². The van der Waals surface area contributed by atoms with Gasteiger partial charge >= 0.3 is 0 Å². The molecule has 2 aromatic heterocycles. The van der Waals surface area contributed by atoms with Crippen LogP contribution in [0.2, 0.25) is 0 Å². The van der Waals surface area contributed by atoms with Crippen LogP contribution in [-0.4, -0.2) is 45.9 Å². The normalized spacial score (nSPS) is 18.5. The second-order valence-corrected chi connectivity index (χ2v) is 7.67. The first-order valence-corrected chi connectivity index (χ1v) is 9.46. The minimum Gasteiger partial charge on any atom is -0.347 e. The average Bonchev–Trinajstić information content (AvgIpc) is 3.20. The molecule has 7 heteroatoms. The Morgan fingerprint density at radius 3 is 3.00 bits per heavy atom. The van der Waals surface area contributed by atoms with Gasteiger partial charge in [-0.2, -0.15) is 4.37 Å². The molecule has 5 nitrogen and oxygen atoms in total. The average molecular weight is 338 g/mol. The molecule has 1 aliphatic heterocycles. The van der Waals surface area contributed by atoms with E-state index in [1.165, 1.54) is 17.0 Å². The van der Waals surface area contributed by atoms with Gasteiger partial charge in [-0.3, -0.25) is 0 Å². The van der Waals surface area contributed by atoms with Crippen molar-refractivity contribution in [2.24, 2.45) is 5.92 Å². The van der Waals surface area contributed by atoms with E-state index >= 15 is 0 Å². The fourth-order valence-corrected chi connectivity index (χ4v) is 4.54. The zero-order chi connectivity index (χ0) is 15.5. The number of rotatable bonds is 6. The highest BCUT2D eigenvalue weighted by Gasteiger charge is 2.26. The summed E-state index contributed by atoms with van der Waals surface area (Å²) in [6.45, 7) is 8.55. The van der Waals surface area contributed by atoms with E-state index in [-0.39, 0.29) is 0 Å². The molecule has 1 unspecified atom stereocenters. The van der Waals surface area contributed by atoms with Gasteiger partial charge in [-0.15, -0.1) is 11.3 Å². The Morgan fingerprint density at radius 1 is 1.45 bits per heavy atom. The standard InChI is InChI=1S/C15H23N5S2/c1-4-14-17-15(22-18-14)20-6-5-12(8-20)7-19(3)9-13-11(2)16-10-21-13/h10,12H,4-9H2,1-3H3. The number of anilines is 1. The lowest BCUT2D eigenvalue weighted by molar-refractivity contribution is 0.281. The summed E-state index contributed by atoms with van der Waals surface area (Å²) in [5.74, 6) is 1.69. The predicted molar refractivity (Wildman–Crippen MR) is 92.8 cm³/mol. The van der Waals surface area contributed by atoms with Crippen LogP contribution in [0.4, 0.5) is 5.13 Å². The van der Waals surface area contributed by atoms with Crippen LogP contribution in [0.25, 0.3) is 0 Å². The van der Waals surface area contributed by atoms with Gasteiger partial charge in [0.25, 0.3) is 0 Å². The summed E-state index contributed by atoms with van der Waals surface area (Å²) in [7, 11) is 2.21. The molecule has 0 amide bonds. The fourth-order valence-electron chi connectivity index (χ4n) is 2.90. The van der Waals surface area contributed by atoms with Crippen molar-refractivity contribution in [1.29, 1.82) is 0 Å². The highest BCUT2D eigenvalue weighted by molar-refractivity contribution is 7.10. The minimum absolute atomic E-state index is 0.715. The zero-order valence-electron chi connectivity index (χ0n) is 13.4. The number of thiazole rings is 1. The van der Waals surface area contributed by atoms with Crippen LogP contribution in [0, 0.1) is 12.8 Å². The van der Waals surface area contributed by atoms with Crippen LogP contribution in [0.15, 0.2) is 5.51 Å². The SMILES string of the molecule is CCc1nsc(N2CCC(CN(C)Cc3scnc3C)C2)n1. The molecule has 22 heavy (non-hydrogen) atoms. The van der Waals surface area contributed by atoms with Crippen LogP contribution in [0.5, 0.6) is 0 Å². The van der Waals surface area contributed by atoms with E-state index in [1.54, 1.807) is 22.9 Å². The molecular formula is C15H23N5S2. The van der Waals surface area contributed by atoms with Crippen LogP contribution >= 0.6 is 22.9 Å². The van der Waals surface area contributed by atoms with Crippen molar-refractivity contribution >= 4 is 28.0 Å². The Kier molecular flexibility index (Phi) is 5.05. The van der Waals surface area contributed by atoms with E-state index in [9.17, 15) is 0 Å². The van der Waals surface area contributed by atoms with Gasteiger partial charge < -0.3 is 9.80 Å². The molecule has 0 spiro atoms. The summed E-state index contributed by atoms with van der Waals surface area (Å²) in [5, 5.41) is 1.10. The molecule has 0 radical (unpaired) electrons. The molecule has 0 aromatic carbocycles. The van der Waals surface area contributed by atoms with Crippen molar-refractivity contribution in [3.63, 3.8) is 0 Å². The van der Waals surface area contributed by atoms with Gasteiger partial charge in [0.15, 0.2) is 0 Å². The van der Waals surface area contributed by atoms with E-state index in [4.69, 9.17) is 0 Å². The lowest BCUT2D eigenvalue weighted by Crippen LogP contribution is -2.28. The first-order chi connectivity index (χ1) is 10.7. The third-order valence-corrected chi connectivity index (χ3v) is 5.89. The Balaban J connectivity index is 1.51. The van der Waals surface area contributed by atoms with E-state index in [2.05, 4.69) is 45.0 Å². The molecule has 3 rings (SSSR count). The lowest BCUT2D eigenvalue weighted by Gasteiger charge is -2.21. The predicted octanol–water partition coefficient (Wildman–Crippen LogP) is 2.82. The second kappa shape index (κ2) is 7.02. The monoisotopic (exact) mass is 337 g/mol. The molecule has 1 saturated heterocycles. The van der Waals surface area contributed by atoms with Gasteiger partial charge in [-0.05, 0) is 26.3 Å². The molecule has 1 fully saturated rings. The van der Waals surface area contributed by atoms with Crippen molar-refractivity contribution in [3.8, 4) is 0 Å². The molecule has 2 aromatic rings. The summed E-state index contributed by atoms with van der Waals surface area (Å²) in [5.41, 5.74) is 3.11. The molecule has 0 N–H and O–H groups in total. The molecular weight excluding hydrogens is 314 g/mol. The van der Waals surface area contributed by atoms with Crippen LogP contribution < -0.4 is 4.90 Å². The summed E-state index contributed by atoms with van der Waals surface area (Å²) >= 11 is 3.30. The van der Waals surface area contributed by atoms with Crippen molar-refractivity contribution < 1.29 is 0 Å².